The van der Waals surface area contributed by atoms with Crippen LogP contribution in [0.5, 0.6) is 0 Å². The van der Waals surface area contributed by atoms with E-state index in [9.17, 15) is 9.59 Å². The van der Waals surface area contributed by atoms with Gasteiger partial charge in [-0.3, -0.25) is 9.59 Å². The van der Waals surface area contributed by atoms with E-state index in [1.54, 1.807) is 0 Å². The van der Waals surface area contributed by atoms with Crippen molar-refractivity contribution in [1.82, 2.24) is 0 Å². The predicted molar refractivity (Wildman–Crippen MR) is 57.4 cm³/mol. The van der Waals surface area contributed by atoms with Crippen LogP contribution in [0, 0.1) is 10.8 Å². The van der Waals surface area contributed by atoms with E-state index in [-0.39, 0.29) is 16.8 Å². The van der Waals surface area contributed by atoms with Gasteiger partial charge in [0.05, 0.1) is 0 Å². The minimum atomic E-state index is -0.942. The van der Waals surface area contributed by atoms with E-state index in [1.807, 2.05) is 13.8 Å². The maximum absolute atomic E-state index is 11.3. The van der Waals surface area contributed by atoms with Crippen molar-refractivity contribution in [3.63, 3.8) is 0 Å². The normalized spacial score (nSPS) is 32.3. The second kappa shape index (κ2) is 3.32. The van der Waals surface area contributed by atoms with E-state index in [1.165, 1.54) is 6.92 Å². The number of rotatable bonds is 2. The molecular weight excluding hydrogens is 192 g/mol. The van der Waals surface area contributed by atoms with Gasteiger partial charge in [-0.05, 0) is 18.3 Å². The topological polar surface area (TPSA) is 43.4 Å². The molecule has 3 heteroatoms. The number of ether oxygens (including phenoxy) is 1. The molecule has 1 aliphatic rings. The molecule has 0 N–H and O–H groups in total. The molecule has 1 aliphatic carbocycles. The molecule has 3 nitrogen and oxygen atoms in total. The third kappa shape index (κ3) is 1.58. The first kappa shape index (κ1) is 12.2. The summed E-state index contributed by atoms with van der Waals surface area (Å²) in [6, 6.07) is 0. The molecular formula is C12H20O3. The molecule has 0 heterocycles. The largest absolute Gasteiger partial charge is 0.451 e. The van der Waals surface area contributed by atoms with Crippen LogP contribution in [-0.4, -0.2) is 17.9 Å². The minimum Gasteiger partial charge on any atom is -0.451 e. The smallest absolute Gasteiger partial charge is 0.303 e. The molecule has 0 bridgehead atoms. The standard InChI is InChI=1S/C12H20O3/c1-9(14)15-12(8-13)7-6-10(2,3)11(12,4)5/h8H,6-7H2,1-5H3. The van der Waals surface area contributed by atoms with Crippen molar-refractivity contribution in [2.45, 2.75) is 53.1 Å². The number of carbonyl (C=O) groups is 2. The van der Waals surface area contributed by atoms with Gasteiger partial charge >= 0.3 is 5.97 Å². The number of carbonyl (C=O) groups excluding carboxylic acids is 2. The van der Waals surface area contributed by atoms with E-state index in [4.69, 9.17) is 4.74 Å². The van der Waals surface area contributed by atoms with Gasteiger partial charge in [0.2, 0.25) is 0 Å². The van der Waals surface area contributed by atoms with Crippen LogP contribution in [0.15, 0.2) is 0 Å². The highest BCUT2D eigenvalue weighted by molar-refractivity contribution is 5.74. The Labute approximate surface area is 91.2 Å². The summed E-state index contributed by atoms with van der Waals surface area (Å²) in [4.78, 5) is 22.4. The van der Waals surface area contributed by atoms with Crippen molar-refractivity contribution in [2.75, 3.05) is 0 Å². The second-order valence-electron chi connectivity index (χ2n) is 5.61. The molecule has 0 radical (unpaired) electrons. The SMILES string of the molecule is CC(=O)OC1(C=O)CCC(C)(C)C1(C)C. The van der Waals surface area contributed by atoms with Crippen molar-refractivity contribution in [2.24, 2.45) is 10.8 Å². The van der Waals surface area contributed by atoms with Crippen LogP contribution in [0.4, 0.5) is 0 Å². The van der Waals surface area contributed by atoms with Crippen LogP contribution >= 0.6 is 0 Å². The Balaban J connectivity index is 3.12. The lowest BCUT2D eigenvalue weighted by Gasteiger charge is -2.43. The maximum Gasteiger partial charge on any atom is 0.303 e. The lowest BCUT2D eigenvalue weighted by atomic mass is 9.65. The highest BCUT2D eigenvalue weighted by Crippen LogP contribution is 2.58. The van der Waals surface area contributed by atoms with Crippen molar-refractivity contribution < 1.29 is 14.3 Å². The summed E-state index contributed by atoms with van der Waals surface area (Å²) in [5, 5.41) is 0. The monoisotopic (exact) mass is 212 g/mol. The Morgan fingerprint density at radius 3 is 2.00 bits per heavy atom. The number of hydrogen-bond donors (Lipinski definition) is 0. The predicted octanol–water partition coefficient (Wildman–Crippen LogP) is 2.33. The van der Waals surface area contributed by atoms with Gasteiger partial charge in [-0.1, -0.05) is 27.7 Å². The van der Waals surface area contributed by atoms with Crippen LogP contribution in [-0.2, 0) is 14.3 Å². The average molecular weight is 212 g/mol. The lowest BCUT2D eigenvalue weighted by Crippen LogP contribution is -2.50. The minimum absolute atomic E-state index is 0.00333. The summed E-state index contributed by atoms with van der Waals surface area (Å²) >= 11 is 0. The molecule has 0 aromatic heterocycles. The van der Waals surface area contributed by atoms with E-state index in [0.717, 1.165) is 12.7 Å². The molecule has 0 saturated heterocycles. The van der Waals surface area contributed by atoms with E-state index < -0.39 is 5.60 Å². The second-order valence-corrected chi connectivity index (χ2v) is 5.61. The fourth-order valence-corrected chi connectivity index (χ4v) is 2.36. The molecule has 1 unspecified atom stereocenters. The van der Waals surface area contributed by atoms with Crippen LogP contribution < -0.4 is 0 Å². The van der Waals surface area contributed by atoms with Crippen molar-refractivity contribution in [1.29, 1.82) is 0 Å². The summed E-state index contributed by atoms with van der Waals surface area (Å²) in [6.45, 7) is 9.57. The molecule has 86 valence electrons. The Bertz CT molecular complexity index is 291. The maximum atomic E-state index is 11.3. The Morgan fingerprint density at radius 2 is 1.73 bits per heavy atom. The van der Waals surface area contributed by atoms with Crippen molar-refractivity contribution in [3.8, 4) is 0 Å². The molecule has 1 atom stereocenters. The quantitative estimate of drug-likeness (QED) is 0.521. The molecule has 0 spiro atoms. The van der Waals surface area contributed by atoms with Gasteiger partial charge in [0.1, 0.15) is 0 Å². The molecule has 15 heavy (non-hydrogen) atoms. The number of esters is 1. The first-order valence-corrected chi connectivity index (χ1v) is 5.34. The zero-order valence-electron chi connectivity index (χ0n) is 10.2. The van der Waals surface area contributed by atoms with E-state index in [2.05, 4.69) is 13.8 Å². The first-order chi connectivity index (χ1) is 6.68. The molecule has 1 rings (SSSR count). The summed E-state index contributed by atoms with van der Waals surface area (Å²) in [6.07, 6.45) is 2.32. The lowest BCUT2D eigenvalue weighted by molar-refractivity contribution is -0.174. The number of aldehydes is 1. The van der Waals surface area contributed by atoms with E-state index >= 15 is 0 Å². The summed E-state index contributed by atoms with van der Waals surface area (Å²) < 4.78 is 5.29. The molecule has 1 fully saturated rings. The highest BCUT2D eigenvalue weighted by Gasteiger charge is 2.61. The zero-order chi connectivity index (χ0) is 11.9. The van der Waals surface area contributed by atoms with Gasteiger partial charge in [-0.25, -0.2) is 0 Å². The molecule has 0 aliphatic heterocycles. The molecule has 0 amide bonds. The fraction of sp³-hybridized carbons (Fsp3) is 0.833. The summed E-state index contributed by atoms with van der Waals surface area (Å²) in [5.74, 6) is -0.382. The third-order valence-corrected chi connectivity index (χ3v) is 4.39. The van der Waals surface area contributed by atoms with Gasteiger partial charge in [0, 0.05) is 12.3 Å². The van der Waals surface area contributed by atoms with Gasteiger partial charge < -0.3 is 4.74 Å². The Kier molecular flexibility index (Phi) is 2.71. The molecule has 1 saturated carbocycles. The zero-order valence-corrected chi connectivity index (χ0v) is 10.2. The van der Waals surface area contributed by atoms with Crippen LogP contribution in [0.25, 0.3) is 0 Å². The van der Waals surface area contributed by atoms with Gasteiger partial charge in [-0.2, -0.15) is 0 Å². The van der Waals surface area contributed by atoms with Crippen molar-refractivity contribution in [3.05, 3.63) is 0 Å². The van der Waals surface area contributed by atoms with E-state index in [0.29, 0.717) is 6.42 Å². The average Bonchev–Trinajstić information content (AvgIpc) is 2.26. The van der Waals surface area contributed by atoms with Gasteiger partial charge in [0.25, 0.3) is 0 Å². The van der Waals surface area contributed by atoms with Crippen LogP contribution in [0.1, 0.15) is 47.5 Å². The fourth-order valence-electron chi connectivity index (χ4n) is 2.36. The van der Waals surface area contributed by atoms with Crippen LogP contribution in [0.2, 0.25) is 0 Å². The van der Waals surface area contributed by atoms with Gasteiger partial charge in [0.15, 0.2) is 11.9 Å². The van der Waals surface area contributed by atoms with Gasteiger partial charge in [-0.15, -0.1) is 0 Å². The molecule has 0 aromatic rings. The van der Waals surface area contributed by atoms with Crippen LogP contribution in [0.3, 0.4) is 0 Å². The highest BCUT2D eigenvalue weighted by atomic mass is 16.6. The number of hydrogen-bond acceptors (Lipinski definition) is 3. The Hall–Kier alpha value is -0.860. The summed E-state index contributed by atoms with van der Waals surface area (Å²) in [7, 11) is 0. The molecule has 0 aromatic carbocycles. The summed E-state index contributed by atoms with van der Waals surface area (Å²) in [5.41, 5.74) is -1.26. The van der Waals surface area contributed by atoms with Crippen molar-refractivity contribution >= 4 is 12.3 Å². The first-order valence-electron chi connectivity index (χ1n) is 5.34. The third-order valence-electron chi connectivity index (χ3n) is 4.39. The Morgan fingerprint density at radius 1 is 1.20 bits per heavy atom.